The number of hydrogen-bond donors (Lipinski definition) is 2. The average Bonchev–Trinajstić information content (AvgIpc) is 3.12. The first kappa shape index (κ1) is 18.4. The second-order valence-electron chi connectivity index (χ2n) is 5.08. The van der Waals surface area contributed by atoms with Gasteiger partial charge in [-0.2, -0.15) is 0 Å². The summed E-state index contributed by atoms with van der Waals surface area (Å²) in [6.45, 7) is 5.43. The molecule has 7 nitrogen and oxygen atoms in total. The first-order chi connectivity index (χ1) is 11.3. The largest absolute Gasteiger partial charge is 0.354 e. The second kappa shape index (κ2) is 7.73. The Balaban J connectivity index is 2.18. The Labute approximate surface area is 144 Å². The monoisotopic (exact) mass is 369 g/mol. The van der Waals surface area contributed by atoms with Crippen molar-refractivity contribution >= 4 is 45.1 Å². The maximum absolute atomic E-state index is 12.1. The van der Waals surface area contributed by atoms with E-state index in [1.807, 2.05) is 6.92 Å². The Hall–Kier alpha value is -1.97. The van der Waals surface area contributed by atoms with E-state index in [-0.39, 0.29) is 10.1 Å². The van der Waals surface area contributed by atoms with Crippen molar-refractivity contribution in [2.24, 2.45) is 0 Å². The van der Waals surface area contributed by atoms with E-state index in [2.05, 4.69) is 15.2 Å². The molecule has 2 rings (SSSR count). The summed E-state index contributed by atoms with van der Waals surface area (Å²) in [6.07, 6.45) is 4.09. The lowest BCUT2D eigenvalue weighted by Crippen LogP contribution is -2.23. The average molecular weight is 369 g/mol. The number of carbonyl (C=O) groups excluding carboxylic acids is 1. The first-order valence-electron chi connectivity index (χ1n) is 7.35. The lowest BCUT2D eigenvalue weighted by atomic mass is 10.2. The van der Waals surface area contributed by atoms with Gasteiger partial charge in [-0.25, -0.2) is 13.1 Å². The number of sulfonamides is 1. The summed E-state index contributed by atoms with van der Waals surface area (Å²) in [5.74, 6) is 0.187. The molecule has 0 unspecified atom stereocenters. The summed E-state index contributed by atoms with van der Waals surface area (Å²) in [5, 5.41) is 6.48. The van der Waals surface area contributed by atoms with Gasteiger partial charge in [0.1, 0.15) is 15.6 Å². The van der Waals surface area contributed by atoms with E-state index in [4.69, 9.17) is 4.52 Å². The van der Waals surface area contributed by atoms with Gasteiger partial charge in [0.25, 0.3) is 0 Å². The van der Waals surface area contributed by atoms with Crippen LogP contribution in [0.5, 0.6) is 0 Å². The molecule has 2 aromatic rings. The molecule has 24 heavy (non-hydrogen) atoms. The van der Waals surface area contributed by atoms with Crippen LogP contribution < -0.4 is 10.0 Å². The number of anilines is 1. The molecule has 2 aromatic heterocycles. The number of nitrogens with one attached hydrogen (secondary N) is 2. The van der Waals surface area contributed by atoms with Gasteiger partial charge in [0, 0.05) is 18.3 Å². The third-order valence-electron chi connectivity index (χ3n) is 3.00. The predicted molar refractivity (Wildman–Crippen MR) is 94.3 cm³/mol. The Morgan fingerprint density at radius 1 is 1.38 bits per heavy atom. The normalized spacial score (nSPS) is 12.0. The molecule has 130 valence electrons. The highest BCUT2D eigenvalue weighted by Gasteiger charge is 2.16. The quantitative estimate of drug-likeness (QED) is 0.781. The molecule has 0 aliphatic heterocycles. The summed E-state index contributed by atoms with van der Waals surface area (Å²) >= 11 is 1.15. The van der Waals surface area contributed by atoms with Gasteiger partial charge in [-0.1, -0.05) is 12.1 Å². The number of hydrogen-bond acceptors (Lipinski definition) is 6. The van der Waals surface area contributed by atoms with Crippen LogP contribution in [0.15, 0.2) is 20.9 Å². The highest BCUT2D eigenvalue weighted by atomic mass is 32.2. The molecular formula is C15H19N3O4S2. The molecule has 0 aromatic carbocycles. The maximum Gasteiger partial charge on any atom is 0.250 e. The van der Waals surface area contributed by atoms with Gasteiger partial charge < -0.3 is 9.84 Å². The van der Waals surface area contributed by atoms with Crippen molar-refractivity contribution < 1.29 is 17.7 Å². The van der Waals surface area contributed by atoms with Crippen LogP contribution in [0.4, 0.5) is 5.69 Å². The van der Waals surface area contributed by atoms with E-state index in [0.717, 1.165) is 22.6 Å². The highest BCUT2D eigenvalue weighted by Crippen LogP contribution is 2.26. The number of nitrogens with zero attached hydrogens (tertiary/aromatic N) is 1. The zero-order chi connectivity index (χ0) is 17.7. The van der Waals surface area contributed by atoms with E-state index < -0.39 is 10.0 Å². The van der Waals surface area contributed by atoms with Crippen LogP contribution in [-0.2, 0) is 14.8 Å². The summed E-state index contributed by atoms with van der Waals surface area (Å²) < 4.78 is 32.1. The molecule has 0 atom stereocenters. The van der Waals surface area contributed by atoms with Gasteiger partial charge in [0.15, 0.2) is 5.76 Å². The van der Waals surface area contributed by atoms with Crippen molar-refractivity contribution in [2.75, 3.05) is 11.9 Å². The molecule has 0 bridgehead atoms. The van der Waals surface area contributed by atoms with Crippen LogP contribution in [-0.4, -0.2) is 26.0 Å². The number of aromatic nitrogens is 1. The number of aryl methyl sites for hydroxylation is 1. The van der Waals surface area contributed by atoms with E-state index in [0.29, 0.717) is 23.7 Å². The molecule has 0 saturated carbocycles. The van der Waals surface area contributed by atoms with E-state index in [1.54, 1.807) is 31.2 Å². The van der Waals surface area contributed by atoms with E-state index in [9.17, 15) is 13.2 Å². The third-order valence-corrected chi connectivity index (χ3v) is 6.00. The van der Waals surface area contributed by atoms with Gasteiger partial charge in [0.2, 0.25) is 15.9 Å². The first-order valence-corrected chi connectivity index (χ1v) is 9.65. The van der Waals surface area contributed by atoms with Gasteiger partial charge in [0.05, 0.1) is 0 Å². The molecule has 0 aliphatic rings. The lowest BCUT2D eigenvalue weighted by Gasteiger charge is -2.01. The van der Waals surface area contributed by atoms with Crippen LogP contribution in [0, 0.1) is 6.92 Å². The molecular weight excluding hydrogens is 350 g/mol. The molecule has 0 fully saturated rings. The van der Waals surface area contributed by atoms with Crippen molar-refractivity contribution in [3.8, 4) is 0 Å². The van der Waals surface area contributed by atoms with Crippen molar-refractivity contribution in [1.82, 2.24) is 9.88 Å². The maximum atomic E-state index is 12.1. The lowest BCUT2D eigenvalue weighted by molar-refractivity contribution is -0.114. The predicted octanol–water partition coefficient (Wildman–Crippen LogP) is 2.86. The SMILES string of the molecule is CCCNS(=O)(=O)c1ccc(C=Cc2onc(C)c2NC(C)=O)s1. The van der Waals surface area contributed by atoms with Crippen LogP contribution in [0.25, 0.3) is 12.2 Å². The number of rotatable bonds is 7. The zero-order valence-electron chi connectivity index (χ0n) is 13.6. The van der Waals surface area contributed by atoms with Crippen molar-refractivity contribution in [3.05, 3.63) is 28.5 Å². The van der Waals surface area contributed by atoms with Crippen LogP contribution in [0.1, 0.15) is 36.6 Å². The molecule has 1 amide bonds. The zero-order valence-corrected chi connectivity index (χ0v) is 15.3. The minimum Gasteiger partial charge on any atom is -0.354 e. The standard InChI is InChI=1S/C15H19N3O4S2/c1-4-9-16-24(20,21)14-8-6-12(23-14)5-7-13-15(17-11(3)19)10(2)18-22-13/h5-8,16H,4,9H2,1-3H3,(H,17,19). The van der Waals surface area contributed by atoms with E-state index >= 15 is 0 Å². The fourth-order valence-electron chi connectivity index (χ4n) is 1.86. The minimum absolute atomic E-state index is 0.220. The van der Waals surface area contributed by atoms with Crippen LogP contribution in [0.2, 0.25) is 0 Å². The van der Waals surface area contributed by atoms with Gasteiger partial charge in [-0.3, -0.25) is 4.79 Å². The number of amides is 1. The van der Waals surface area contributed by atoms with E-state index in [1.165, 1.54) is 6.92 Å². The fourth-order valence-corrected chi connectivity index (χ4v) is 4.27. The molecule has 2 N–H and O–H groups in total. The Bertz CT molecular complexity index is 850. The Morgan fingerprint density at radius 2 is 2.12 bits per heavy atom. The van der Waals surface area contributed by atoms with Gasteiger partial charge in [-0.15, -0.1) is 11.3 Å². The third kappa shape index (κ3) is 4.53. The molecule has 9 heteroatoms. The molecule has 0 radical (unpaired) electrons. The second-order valence-corrected chi connectivity index (χ2v) is 8.19. The van der Waals surface area contributed by atoms with Crippen molar-refractivity contribution in [2.45, 2.75) is 31.4 Å². The van der Waals surface area contributed by atoms with Gasteiger partial charge in [-0.05, 0) is 37.6 Å². The number of carbonyl (C=O) groups is 1. The molecule has 0 saturated heterocycles. The number of thiophene rings is 1. The van der Waals surface area contributed by atoms with Crippen LogP contribution in [0.3, 0.4) is 0 Å². The van der Waals surface area contributed by atoms with Gasteiger partial charge >= 0.3 is 0 Å². The summed E-state index contributed by atoms with van der Waals surface area (Å²) in [4.78, 5) is 12.0. The van der Waals surface area contributed by atoms with Crippen molar-refractivity contribution in [3.63, 3.8) is 0 Å². The fraction of sp³-hybridized carbons (Fsp3) is 0.333. The smallest absolute Gasteiger partial charge is 0.250 e. The molecule has 0 spiro atoms. The Morgan fingerprint density at radius 3 is 2.79 bits per heavy atom. The summed E-state index contributed by atoms with van der Waals surface area (Å²) in [5.41, 5.74) is 1.08. The Kier molecular flexibility index (Phi) is 5.92. The molecule has 2 heterocycles. The molecule has 0 aliphatic carbocycles. The summed E-state index contributed by atoms with van der Waals surface area (Å²) in [7, 11) is -3.46. The topological polar surface area (TPSA) is 101 Å². The summed E-state index contributed by atoms with van der Waals surface area (Å²) in [6, 6.07) is 3.27. The highest BCUT2D eigenvalue weighted by molar-refractivity contribution is 7.91. The minimum atomic E-state index is -3.46. The van der Waals surface area contributed by atoms with Crippen LogP contribution >= 0.6 is 11.3 Å². The van der Waals surface area contributed by atoms with Crippen molar-refractivity contribution in [1.29, 1.82) is 0 Å².